The molecule has 0 aliphatic heterocycles. The minimum atomic E-state index is -4.79. The summed E-state index contributed by atoms with van der Waals surface area (Å²) in [5.41, 5.74) is 5.23. The van der Waals surface area contributed by atoms with Gasteiger partial charge in [-0.2, -0.15) is 13.2 Å². The molecule has 1 rings (SSSR count). The molecule has 1 heterocycles. The molecule has 0 unspecified atom stereocenters. The lowest BCUT2D eigenvalue weighted by Gasteiger charge is -2.01. The Hall–Kier alpha value is -0.880. The van der Waals surface area contributed by atoms with E-state index in [9.17, 15) is 18.0 Å². The maximum atomic E-state index is 12.0. The second-order valence-electron chi connectivity index (χ2n) is 2.63. The van der Waals surface area contributed by atoms with Crippen molar-refractivity contribution >= 4 is 17.1 Å². The summed E-state index contributed by atoms with van der Waals surface area (Å²) >= 11 is 0.843. The summed E-state index contributed by atoms with van der Waals surface area (Å²) in [5, 5.41) is 0. The third kappa shape index (κ3) is 2.55. The Bertz CT molecular complexity index is 332. The zero-order chi connectivity index (χ0) is 10.8. The second-order valence-corrected chi connectivity index (χ2v) is 3.80. The van der Waals surface area contributed by atoms with E-state index in [2.05, 4.69) is 0 Å². The minimum Gasteiger partial charge on any atom is -0.330 e. The van der Waals surface area contributed by atoms with E-state index in [0.29, 0.717) is 17.8 Å². The lowest BCUT2D eigenvalue weighted by atomic mass is 10.3. The van der Waals surface area contributed by atoms with Crippen molar-refractivity contribution < 1.29 is 18.0 Å². The molecule has 0 atom stereocenters. The maximum Gasteiger partial charge on any atom is 0.455 e. The van der Waals surface area contributed by atoms with Crippen molar-refractivity contribution in [2.45, 2.75) is 12.6 Å². The van der Waals surface area contributed by atoms with Crippen LogP contribution in [-0.4, -0.2) is 18.5 Å². The molecule has 14 heavy (non-hydrogen) atoms. The molecule has 0 fully saturated rings. The highest BCUT2D eigenvalue weighted by Crippen LogP contribution is 2.26. The van der Waals surface area contributed by atoms with Crippen molar-refractivity contribution in [2.75, 3.05) is 6.54 Å². The number of nitrogens with two attached hydrogens (primary N) is 1. The van der Waals surface area contributed by atoms with Crippen LogP contribution in [0.25, 0.3) is 0 Å². The Morgan fingerprint density at radius 2 is 2.07 bits per heavy atom. The highest BCUT2D eigenvalue weighted by atomic mass is 32.1. The van der Waals surface area contributed by atoms with Gasteiger partial charge in [0.05, 0.1) is 4.88 Å². The Kier molecular flexibility index (Phi) is 3.28. The standard InChI is InChI=1S/C8H8F3NOS/c9-8(10,11)7(13)6-2-1-5(14-6)3-4-12/h1-2H,3-4,12H2. The van der Waals surface area contributed by atoms with Crippen LogP contribution in [-0.2, 0) is 6.42 Å². The maximum absolute atomic E-state index is 12.0. The highest BCUT2D eigenvalue weighted by Gasteiger charge is 2.40. The van der Waals surface area contributed by atoms with Gasteiger partial charge in [0.25, 0.3) is 5.78 Å². The van der Waals surface area contributed by atoms with Gasteiger partial charge in [-0.3, -0.25) is 4.79 Å². The summed E-state index contributed by atoms with van der Waals surface area (Å²) in [5.74, 6) is -1.79. The van der Waals surface area contributed by atoms with Gasteiger partial charge in [-0.25, -0.2) is 0 Å². The number of ketones is 1. The lowest BCUT2D eigenvalue weighted by molar-refractivity contribution is -0.0882. The predicted molar refractivity (Wildman–Crippen MR) is 47.5 cm³/mol. The number of carbonyl (C=O) groups excluding carboxylic acids is 1. The average Bonchev–Trinajstić information content (AvgIpc) is 2.50. The van der Waals surface area contributed by atoms with Crippen LogP contribution in [0.1, 0.15) is 14.5 Å². The zero-order valence-corrected chi connectivity index (χ0v) is 7.91. The Balaban J connectivity index is 2.82. The molecule has 0 saturated carbocycles. The summed E-state index contributed by atoms with van der Waals surface area (Å²) in [6, 6.07) is 2.68. The van der Waals surface area contributed by atoms with E-state index in [1.807, 2.05) is 0 Å². The largest absolute Gasteiger partial charge is 0.455 e. The second kappa shape index (κ2) is 4.10. The van der Waals surface area contributed by atoms with Crippen molar-refractivity contribution in [1.29, 1.82) is 0 Å². The van der Waals surface area contributed by atoms with Crippen LogP contribution >= 0.6 is 11.3 Å². The Labute approximate surface area is 82.5 Å². The van der Waals surface area contributed by atoms with Gasteiger partial charge in [0.15, 0.2) is 0 Å². The van der Waals surface area contributed by atoms with Crippen LogP contribution in [0.4, 0.5) is 13.2 Å². The van der Waals surface area contributed by atoms with Gasteiger partial charge < -0.3 is 5.73 Å². The van der Waals surface area contributed by atoms with Gasteiger partial charge in [-0.15, -0.1) is 11.3 Å². The third-order valence-corrected chi connectivity index (χ3v) is 2.68. The zero-order valence-electron chi connectivity index (χ0n) is 7.10. The fourth-order valence-corrected chi connectivity index (χ4v) is 1.90. The smallest absolute Gasteiger partial charge is 0.330 e. The molecular formula is C8H8F3NOS. The monoisotopic (exact) mass is 223 g/mol. The molecule has 0 radical (unpaired) electrons. The molecule has 2 N–H and O–H groups in total. The van der Waals surface area contributed by atoms with E-state index in [1.54, 1.807) is 0 Å². The van der Waals surface area contributed by atoms with Crippen LogP contribution in [0.15, 0.2) is 12.1 Å². The van der Waals surface area contributed by atoms with Gasteiger partial charge in [-0.05, 0) is 25.1 Å². The molecule has 0 aromatic carbocycles. The molecule has 1 aromatic heterocycles. The van der Waals surface area contributed by atoms with E-state index in [4.69, 9.17) is 5.73 Å². The lowest BCUT2D eigenvalue weighted by Crippen LogP contribution is -2.21. The van der Waals surface area contributed by atoms with Gasteiger partial charge in [0, 0.05) is 4.88 Å². The van der Waals surface area contributed by atoms with Crippen molar-refractivity contribution in [3.63, 3.8) is 0 Å². The van der Waals surface area contributed by atoms with Gasteiger partial charge in [0.2, 0.25) is 0 Å². The fourth-order valence-electron chi connectivity index (χ4n) is 0.916. The molecular weight excluding hydrogens is 215 g/mol. The van der Waals surface area contributed by atoms with Crippen LogP contribution in [0.5, 0.6) is 0 Å². The first-order valence-corrected chi connectivity index (χ1v) is 4.67. The van der Waals surface area contributed by atoms with E-state index < -0.39 is 12.0 Å². The van der Waals surface area contributed by atoms with E-state index in [0.717, 1.165) is 11.3 Å². The minimum absolute atomic E-state index is 0.277. The molecule has 0 saturated heterocycles. The average molecular weight is 223 g/mol. The summed E-state index contributed by atoms with van der Waals surface area (Å²) in [6.07, 6.45) is -4.29. The Morgan fingerprint density at radius 1 is 1.43 bits per heavy atom. The van der Waals surface area contributed by atoms with E-state index in [1.165, 1.54) is 12.1 Å². The van der Waals surface area contributed by atoms with Crippen molar-refractivity contribution in [3.05, 3.63) is 21.9 Å². The number of hydrogen-bond acceptors (Lipinski definition) is 3. The Morgan fingerprint density at radius 3 is 2.57 bits per heavy atom. The number of halogens is 3. The first-order valence-electron chi connectivity index (χ1n) is 3.85. The molecule has 2 nitrogen and oxygen atoms in total. The molecule has 0 bridgehead atoms. The topological polar surface area (TPSA) is 43.1 Å². The van der Waals surface area contributed by atoms with E-state index >= 15 is 0 Å². The number of thiophene rings is 1. The van der Waals surface area contributed by atoms with Crippen molar-refractivity contribution in [2.24, 2.45) is 5.73 Å². The molecule has 0 aliphatic rings. The normalized spacial score (nSPS) is 11.7. The summed E-state index contributed by atoms with van der Waals surface area (Å²) < 4.78 is 35.9. The van der Waals surface area contributed by atoms with Crippen molar-refractivity contribution in [3.8, 4) is 0 Å². The summed E-state index contributed by atoms with van der Waals surface area (Å²) in [7, 11) is 0. The summed E-state index contributed by atoms with van der Waals surface area (Å²) in [6.45, 7) is 0.361. The summed E-state index contributed by atoms with van der Waals surface area (Å²) in [4.78, 5) is 11.2. The van der Waals surface area contributed by atoms with Gasteiger partial charge >= 0.3 is 6.18 Å². The van der Waals surface area contributed by atoms with Crippen LogP contribution in [0.3, 0.4) is 0 Å². The number of rotatable bonds is 3. The number of alkyl halides is 3. The molecule has 0 amide bonds. The first kappa shape index (κ1) is 11.2. The van der Waals surface area contributed by atoms with Crippen LogP contribution in [0.2, 0.25) is 0 Å². The fraction of sp³-hybridized carbons (Fsp3) is 0.375. The van der Waals surface area contributed by atoms with Crippen LogP contribution < -0.4 is 5.73 Å². The van der Waals surface area contributed by atoms with Gasteiger partial charge in [0.1, 0.15) is 0 Å². The highest BCUT2D eigenvalue weighted by molar-refractivity contribution is 7.14. The molecule has 0 spiro atoms. The molecule has 6 heteroatoms. The SMILES string of the molecule is NCCc1ccc(C(=O)C(F)(F)F)s1. The van der Waals surface area contributed by atoms with Gasteiger partial charge in [-0.1, -0.05) is 0 Å². The molecule has 78 valence electrons. The van der Waals surface area contributed by atoms with Crippen molar-refractivity contribution in [1.82, 2.24) is 0 Å². The number of Topliss-reactive ketones (excluding diaryl/α,β-unsaturated/α-hetero) is 1. The quantitative estimate of drug-likeness (QED) is 0.796. The first-order chi connectivity index (χ1) is 6.45. The molecule has 0 aliphatic carbocycles. The predicted octanol–water partition coefficient (Wildman–Crippen LogP) is 1.99. The third-order valence-electron chi connectivity index (χ3n) is 1.53. The van der Waals surface area contributed by atoms with E-state index in [-0.39, 0.29) is 4.88 Å². The number of carbonyl (C=O) groups is 1. The molecule has 1 aromatic rings. The number of hydrogen-bond donors (Lipinski definition) is 1. The van der Waals surface area contributed by atoms with Crippen LogP contribution in [0, 0.1) is 0 Å².